The smallest absolute Gasteiger partial charge is 0.313 e. The second-order valence-electron chi connectivity index (χ2n) is 4.10. The molecule has 108 valence electrons. The monoisotopic (exact) mass is 281 g/mol. The van der Waals surface area contributed by atoms with Crippen molar-refractivity contribution in [3.8, 4) is 0 Å². The number of carbonyl (C=O) groups is 3. The first-order valence-corrected chi connectivity index (χ1v) is 6.15. The second-order valence-corrected chi connectivity index (χ2v) is 4.10. The summed E-state index contributed by atoms with van der Waals surface area (Å²) in [4.78, 5) is 34.5. The van der Waals surface area contributed by atoms with Gasteiger partial charge >= 0.3 is 5.97 Å². The Bertz CT molecular complexity index is 516. The average Bonchev–Trinajstić information content (AvgIpc) is 2.36. The number of ether oxygens (including phenoxy) is 1. The largest absolute Gasteiger partial charge is 0.466 e. The molecule has 0 aromatic heterocycles. The molecule has 1 aromatic carbocycles. The van der Waals surface area contributed by atoms with Gasteiger partial charge in [0, 0.05) is 12.5 Å². The first-order chi connectivity index (χ1) is 9.45. The third-order valence-electron chi connectivity index (χ3n) is 2.51. The fraction of sp³-hybridized carbons (Fsp3) is 0.357. The number of esters is 1. The highest BCUT2D eigenvalue weighted by atomic mass is 19.1. The number of nitrogens with one attached hydrogen (secondary N) is 1. The Morgan fingerprint density at radius 1 is 1.30 bits per heavy atom. The minimum atomic E-state index is -1.20. The van der Waals surface area contributed by atoms with Crippen LogP contribution in [0.2, 0.25) is 0 Å². The molecule has 1 unspecified atom stereocenters. The number of carbonyl (C=O) groups excluding carboxylic acids is 3. The predicted molar refractivity (Wildman–Crippen MR) is 69.2 cm³/mol. The van der Waals surface area contributed by atoms with Crippen molar-refractivity contribution >= 4 is 17.7 Å². The van der Waals surface area contributed by atoms with Crippen LogP contribution in [-0.4, -0.2) is 24.3 Å². The Hall–Kier alpha value is -2.24. The van der Waals surface area contributed by atoms with Crippen LogP contribution >= 0.6 is 0 Å². The SMILES string of the molecule is CCOC(=O)CC(=O)C(NC(C)=O)c1ccccc1F. The van der Waals surface area contributed by atoms with E-state index in [1.807, 2.05) is 0 Å². The number of hydrogen-bond donors (Lipinski definition) is 1. The highest BCUT2D eigenvalue weighted by Gasteiger charge is 2.26. The lowest BCUT2D eigenvalue weighted by Gasteiger charge is -2.17. The highest BCUT2D eigenvalue weighted by Crippen LogP contribution is 2.19. The van der Waals surface area contributed by atoms with Gasteiger partial charge in [-0.3, -0.25) is 14.4 Å². The fourth-order valence-corrected chi connectivity index (χ4v) is 1.70. The molecule has 5 nitrogen and oxygen atoms in total. The van der Waals surface area contributed by atoms with E-state index in [0.717, 1.165) is 0 Å². The van der Waals surface area contributed by atoms with Gasteiger partial charge in [-0.1, -0.05) is 18.2 Å². The zero-order valence-corrected chi connectivity index (χ0v) is 11.3. The van der Waals surface area contributed by atoms with Gasteiger partial charge in [-0.15, -0.1) is 0 Å². The van der Waals surface area contributed by atoms with Gasteiger partial charge in [-0.25, -0.2) is 4.39 Å². The van der Waals surface area contributed by atoms with E-state index >= 15 is 0 Å². The summed E-state index contributed by atoms with van der Waals surface area (Å²) in [5.74, 6) is -2.44. The predicted octanol–water partition coefficient (Wildman–Crippen LogP) is 1.53. The molecule has 1 N–H and O–H groups in total. The van der Waals surface area contributed by atoms with Crippen molar-refractivity contribution in [2.24, 2.45) is 0 Å². The van der Waals surface area contributed by atoms with Crippen LogP contribution in [0.15, 0.2) is 24.3 Å². The summed E-state index contributed by atoms with van der Waals surface area (Å²) in [5, 5.41) is 2.35. The maximum atomic E-state index is 13.7. The van der Waals surface area contributed by atoms with Crippen molar-refractivity contribution in [3.05, 3.63) is 35.6 Å². The number of benzene rings is 1. The number of halogens is 1. The summed E-state index contributed by atoms with van der Waals surface area (Å²) in [6.45, 7) is 2.98. The van der Waals surface area contributed by atoms with E-state index in [1.54, 1.807) is 13.0 Å². The molecule has 1 aromatic rings. The zero-order chi connectivity index (χ0) is 15.1. The number of amides is 1. The van der Waals surface area contributed by atoms with Crippen LogP contribution in [-0.2, 0) is 19.1 Å². The molecular formula is C14H16FNO4. The molecule has 0 spiro atoms. The van der Waals surface area contributed by atoms with Gasteiger partial charge in [0.2, 0.25) is 5.91 Å². The molecule has 0 fully saturated rings. The molecule has 0 aliphatic carbocycles. The third kappa shape index (κ3) is 4.46. The van der Waals surface area contributed by atoms with E-state index in [9.17, 15) is 18.8 Å². The van der Waals surface area contributed by atoms with Gasteiger partial charge in [0.05, 0.1) is 6.61 Å². The summed E-state index contributed by atoms with van der Waals surface area (Å²) in [5.41, 5.74) is 0.0250. The molecule has 1 atom stereocenters. The number of Topliss-reactive ketones (excluding diaryl/α,β-unsaturated/α-hetero) is 1. The maximum absolute atomic E-state index is 13.7. The molecule has 0 bridgehead atoms. The number of rotatable bonds is 6. The highest BCUT2D eigenvalue weighted by molar-refractivity contribution is 6.00. The lowest BCUT2D eigenvalue weighted by atomic mass is 10.00. The molecule has 6 heteroatoms. The van der Waals surface area contributed by atoms with Gasteiger partial charge in [0.15, 0.2) is 5.78 Å². The molecule has 0 aliphatic rings. The van der Waals surface area contributed by atoms with Crippen LogP contribution in [0.3, 0.4) is 0 Å². The topological polar surface area (TPSA) is 72.5 Å². The minimum absolute atomic E-state index is 0.0250. The van der Waals surface area contributed by atoms with E-state index in [4.69, 9.17) is 0 Å². The Morgan fingerprint density at radius 3 is 2.50 bits per heavy atom. The molecule has 0 saturated carbocycles. The van der Waals surface area contributed by atoms with Crippen molar-refractivity contribution in [2.45, 2.75) is 26.3 Å². The van der Waals surface area contributed by atoms with Gasteiger partial charge < -0.3 is 10.1 Å². The molecule has 1 amide bonds. The van der Waals surface area contributed by atoms with Crippen LogP contribution in [0.5, 0.6) is 0 Å². The first-order valence-electron chi connectivity index (χ1n) is 6.15. The van der Waals surface area contributed by atoms with Gasteiger partial charge in [-0.05, 0) is 13.0 Å². The van der Waals surface area contributed by atoms with Crippen molar-refractivity contribution in [1.82, 2.24) is 5.32 Å². The molecule has 1 rings (SSSR count). The van der Waals surface area contributed by atoms with Crippen molar-refractivity contribution < 1.29 is 23.5 Å². The minimum Gasteiger partial charge on any atom is -0.466 e. The summed E-state index contributed by atoms with van der Waals surface area (Å²) in [6.07, 6.45) is -0.521. The Kier molecular flexibility index (Phi) is 5.83. The van der Waals surface area contributed by atoms with E-state index in [2.05, 4.69) is 10.1 Å². The van der Waals surface area contributed by atoms with Crippen LogP contribution in [0, 0.1) is 5.82 Å². The molecule has 0 aliphatic heterocycles. The Morgan fingerprint density at radius 2 is 1.95 bits per heavy atom. The average molecular weight is 281 g/mol. The number of hydrogen-bond acceptors (Lipinski definition) is 4. The molecule has 0 heterocycles. The fourth-order valence-electron chi connectivity index (χ4n) is 1.70. The van der Waals surface area contributed by atoms with E-state index in [0.29, 0.717) is 0 Å². The van der Waals surface area contributed by atoms with E-state index < -0.39 is 35.9 Å². The van der Waals surface area contributed by atoms with Gasteiger partial charge in [0.1, 0.15) is 18.3 Å². The molecule has 0 radical (unpaired) electrons. The quantitative estimate of drug-likeness (QED) is 0.634. The summed E-state index contributed by atoms with van der Waals surface area (Å²) in [6, 6.07) is 4.39. The summed E-state index contributed by atoms with van der Waals surface area (Å²) < 4.78 is 18.4. The van der Waals surface area contributed by atoms with Gasteiger partial charge in [-0.2, -0.15) is 0 Å². The van der Waals surface area contributed by atoms with E-state index in [-0.39, 0.29) is 12.2 Å². The molecule has 0 saturated heterocycles. The second kappa shape index (κ2) is 7.37. The maximum Gasteiger partial charge on any atom is 0.313 e. The van der Waals surface area contributed by atoms with Gasteiger partial charge in [0.25, 0.3) is 0 Å². The summed E-state index contributed by atoms with van der Waals surface area (Å²) in [7, 11) is 0. The zero-order valence-electron chi connectivity index (χ0n) is 11.3. The van der Waals surface area contributed by atoms with Crippen LogP contribution in [0.25, 0.3) is 0 Å². The van der Waals surface area contributed by atoms with Crippen LogP contribution < -0.4 is 5.32 Å². The standard InChI is InChI=1S/C14H16FNO4/c1-3-20-13(19)8-12(18)14(16-9(2)17)10-6-4-5-7-11(10)15/h4-7,14H,3,8H2,1-2H3,(H,16,17). The number of ketones is 1. The Labute approximate surface area is 116 Å². The Balaban J connectivity index is 2.95. The molecular weight excluding hydrogens is 265 g/mol. The van der Waals surface area contributed by atoms with Crippen LogP contribution in [0.1, 0.15) is 31.9 Å². The van der Waals surface area contributed by atoms with Crippen molar-refractivity contribution in [1.29, 1.82) is 0 Å². The lowest BCUT2D eigenvalue weighted by molar-refractivity contribution is -0.146. The first kappa shape index (κ1) is 15.8. The van der Waals surface area contributed by atoms with Crippen molar-refractivity contribution in [2.75, 3.05) is 6.61 Å². The summed E-state index contributed by atoms with van der Waals surface area (Å²) >= 11 is 0. The molecule has 20 heavy (non-hydrogen) atoms. The normalized spacial score (nSPS) is 11.6. The van der Waals surface area contributed by atoms with Crippen LogP contribution in [0.4, 0.5) is 4.39 Å². The lowest BCUT2D eigenvalue weighted by Crippen LogP contribution is -2.34. The van der Waals surface area contributed by atoms with Crippen molar-refractivity contribution in [3.63, 3.8) is 0 Å². The third-order valence-corrected chi connectivity index (χ3v) is 2.51. The van der Waals surface area contributed by atoms with E-state index in [1.165, 1.54) is 25.1 Å².